The van der Waals surface area contributed by atoms with Gasteiger partial charge in [-0.05, 0) is 99.9 Å². The summed E-state index contributed by atoms with van der Waals surface area (Å²) in [6, 6.07) is 59.8. The minimum Gasteiger partial charge on any atom is -0.311 e. The summed E-state index contributed by atoms with van der Waals surface area (Å²) in [5, 5.41) is 7.99. The summed E-state index contributed by atoms with van der Waals surface area (Å²) >= 11 is 5.69. The molecule has 0 bridgehead atoms. The van der Waals surface area contributed by atoms with Crippen molar-refractivity contribution >= 4 is 135 Å². The number of anilines is 3. The number of hydrogen-bond acceptors (Lipinski definition) is 4. The van der Waals surface area contributed by atoms with Crippen molar-refractivity contribution in [3.05, 3.63) is 158 Å². The van der Waals surface area contributed by atoms with Crippen LogP contribution in [0, 0.1) is 0 Å². The van der Waals surface area contributed by atoms with Crippen molar-refractivity contribution in [2.75, 3.05) is 4.90 Å². The van der Waals surface area contributed by atoms with Gasteiger partial charge in [0.2, 0.25) is 6.71 Å². The first-order valence-electron chi connectivity index (χ1n) is 18.1. The van der Waals surface area contributed by atoms with Crippen LogP contribution >= 0.6 is 34.0 Å². The lowest BCUT2D eigenvalue weighted by Gasteiger charge is -2.36. The summed E-state index contributed by atoms with van der Waals surface area (Å²) in [7, 11) is 0. The van der Waals surface area contributed by atoms with E-state index >= 15 is 0 Å². The second kappa shape index (κ2) is 10.5. The van der Waals surface area contributed by atoms with E-state index in [1.54, 1.807) is 0 Å². The van der Waals surface area contributed by atoms with Crippen LogP contribution in [0.5, 0.6) is 0 Å². The molecule has 0 N–H and O–H groups in total. The Bertz CT molecular complexity index is 3380. The minimum absolute atomic E-state index is 0.162. The number of nitrogens with zero attached hydrogens (tertiary/aromatic N) is 1. The van der Waals surface area contributed by atoms with Crippen molar-refractivity contribution in [1.29, 1.82) is 0 Å². The van der Waals surface area contributed by atoms with E-state index in [1.165, 1.54) is 116 Å². The number of thiophene rings is 3. The van der Waals surface area contributed by atoms with Crippen LogP contribution in [-0.4, -0.2) is 6.71 Å². The fraction of sp³-hybridized carbons (Fsp3) is 0. The van der Waals surface area contributed by atoms with Crippen molar-refractivity contribution in [3.8, 4) is 22.3 Å². The average Bonchev–Trinajstić information content (AvgIpc) is 3.96. The highest BCUT2D eigenvalue weighted by Crippen LogP contribution is 2.48. The van der Waals surface area contributed by atoms with Crippen molar-refractivity contribution in [2.24, 2.45) is 0 Å². The zero-order chi connectivity index (χ0) is 34.4. The third-order valence-electron chi connectivity index (χ3n) is 11.7. The molecule has 0 spiro atoms. The fourth-order valence-electron chi connectivity index (χ4n) is 9.45. The molecule has 1 nitrogen and oxygen atoms in total. The second-order valence-corrected chi connectivity index (χ2v) is 17.6. The first-order valence-corrected chi connectivity index (χ1v) is 20.6. The van der Waals surface area contributed by atoms with Gasteiger partial charge in [0, 0.05) is 77.6 Å². The molecular weight excluding hydrogens is 698 g/mol. The second-order valence-electron chi connectivity index (χ2n) is 14.4. The molecule has 0 fully saturated rings. The lowest BCUT2D eigenvalue weighted by molar-refractivity contribution is 1.31. The minimum atomic E-state index is 0.162. The van der Waals surface area contributed by atoms with Crippen LogP contribution < -0.4 is 21.3 Å². The highest BCUT2D eigenvalue weighted by Gasteiger charge is 2.43. The van der Waals surface area contributed by atoms with Gasteiger partial charge in [-0.15, -0.1) is 34.0 Å². The smallest absolute Gasteiger partial charge is 0.248 e. The molecule has 5 heteroatoms. The van der Waals surface area contributed by atoms with Gasteiger partial charge in [0.1, 0.15) is 0 Å². The number of hydrogen-bond donors (Lipinski definition) is 0. The van der Waals surface area contributed by atoms with Gasteiger partial charge in [0.05, 0.1) is 0 Å². The van der Waals surface area contributed by atoms with E-state index in [-0.39, 0.29) is 6.71 Å². The summed E-state index contributed by atoms with van der Waals surface area (Å²) in [6.07, 6.45) is 0. The van der Waals surface area contributed by atoms with Crippen molar-refractivity contribution in [2.45, 2.75) is 0 Å². The van der Waals surface area contributed by atoms with Crippen molar-refractivity contribution < 1.29 is 0 Å². The summed E-state index contributed by atoms with van der Waals surface area (Å²) in [5.41, 5.74) is 13.2. The SMILES string of the molecule is c1ccc2c(c1)B1c3cc4sc5ccccc5c4cc3N(c3ccc4sc5ccccc5c4c3)c3cc(-c4cccc5sc6ccccc6c45)cc-2c31. The maximum absolute atomic E-state index is 2.60. The van der Waals surface area contributed by atoms with Gasteiger partial charge in [-0.1, -0.05) is 96.5 Å². The summed E-state index contributed by atoms with van der Waals surface area (Å²) < 4.78 is 8.02. The Morgan fingerprint density at radius 1 is 0.377 bits per heavy atom. The molecule has 8 aromatic carbocycles. The highest BCUT2D eigenvalue weighted by atomic mass is 32.1. The van der Waals surface area contributed by atoms with E-state index in [4.69, 9.17) is 0 Å². The predicted molar refractivity (Wildman–Crippen MR) is 235 cm³/mol. The van der Waals surface area contributed by atoms with Crippen molar-refractivity contribution in [3.63, 3.8) is 0 Å². The molecule has 0 radical (unpaired) electrons. The first-order chi connectivity index (χ1) is 26.3. The molecule has 0 amide bonds. The molecule has 13 rings (SSSR count). The zero-order valence-corrected chi connectivity index (χ0v) is 30.7. The van der Waals surface area contributed by atoms with E-state index in [0.717, 1.165) is 0 Å². The molecule has 3 aromatic heterocycles. The molecule has 53 heavy (non-hydrogen) atoms. The average molecular weight is 724 g/mol. The van der Waals surface area contributed by atoms with Crippen LogP contribution in [0.25, 0.3) is 82.8 Å². The van der Waals surface area contributed by atoms with E-state index in [2.05, 4.69) is 163 Å². The molecule has 2 aliphatic heterocycles. The van der Waals surface area contributed by atoms with Crippen LogP contribution in [0.3, 0.4) is 0 Å². The largest absolute Gasteiger partial charge is 0.311 e. The summed E-state index contributed by atoms with van der Waals surface area (Å²) in [6.45, 7) is 0.162. The maximum atomic E-state index is 2.60. The maximum Gasteiger partial charge on any atom is 0.248 e. The van der Waals surface area contributed by atoms with Crippen LogP contribution in [-0.2, 0) is 0 Å². The molecular formula is C48H26BNS3. The van der Waals surface area contributed by atoms with Gasteiger partial charge in [-0.3, -0.25) is 0 Å². The Morgan fingerprint density at radius 2 is 1.00 bits per heavy atom. The molecule has 0 saturated heterocycles. The standard InChI is InChI=1S/C48H26BNS3/c1-5-15-37-30(10-1)36-22-27(29-14-9-19-45-47(29)33-13-4-8-18-43(33)52-45)23-40-48(36)49(37)38-26-46-35(32-12-3-7-17-42(32)53-46)25-39(38)50(40)28-20-21-44-34(24-28)31-11-2-6-16-41(31)51-44/h1-26H. The van der Waals surface area contributed by atoms with Crippen LogP contribution in [0.4, 0.5) is 17.1 Å². The first kappa shape index (κ1) is 28.8. The zero-order valence-electron chi connectivity index (χ0n) is 28.3. The summed E-state index contributed by atoms with van der Waals surface area (Å²) in [4.78, 5) is 2.60. The third kappa shape index (κ3) is 3.86. The normalized spacial score (nSPS) is 13.2. The lowest BCUT2D eigenvalue weighted by Crippen LogP contribution is -2.54. The van der Waals surface area contributed by atoms with E-state index in [1.807, 2.05) is 34.0 Å². The monoisotopic (exact) mass is 723 g/mol. The quantitative estimate of drug-likeness (QED) is 0.161. The van der Waals surface area contributed by atoms with Gasteiger partial charge in [0.25, 0.3) is 0 Å². The molecule has 11 aromatic rings. The topological polar surface area (TPSA) is 3.24 Å². The van der Waals surface area contributed by atoms with Crippen LogP contribution in [0.2, 0.25) is 0 Å². The van der Waals surface area contributed by atoms with Crippen LogP contribution in [0.15, 0.2) is 158 Å². The molecule has 5 heterocycles. The predicted octanol–water partition coefficient (Wildman–Crippen LogP) is 12.7. The number of rotatable bonds is 2. The van der Waals surface area contributed by atoms with Crippen molar-refractivity contribution in [1.82, 2.24) is 0 Å². The summed E-state index contributed by atoms with van der Waals surface area (Å²) in [5.74, 6) is 0. The molecule has 0 saturated carbocycles. The molecule has 0 unspecified atom stereocenters. The third-order valence-corrected chi connectivity index (χ3v) is 15.1. The Hall–Kier alpha value is -5.72. The number of benzene rings is 8. The Balaban J connectivity index is 1.17. The van der Waals surface area contributed by atoms with Gasteiger partial charge in [0.15, 0.2) is 0 Å². The van der Waals surface area contributed by atoms with Crippen LogP contribution in [0.1, 0.15) is 0 Å². The lowest BCUT2D eigenvalue weighted by atomic mass is 9.37. The highest BCUT2D eigenvalue weighted by molar-refractivity contribution is 7.26. The Labute approximate surface area is 317 Å². The van der Waals surface area contributed by atoms with Gasteiger partial charge < -0.3 is 4.90 Å². The van der Waals surface area contributed by atoms with E-state index in [9.17, 15) is 0 Å². The molecule has 0 aliphatic carbocycles. The number of fused-ring (bicyclic) bond motifs is 14. The fourth-order valence-corrected chi connectivity index (χ4v) is 12.8. The van der Waals surface area contributed by atoms with Gasteiger partial charge in [-0.2, -0.15) is 0 Å². The molecule has 244 valence electrons. The Morgan fingerprint density at radius 3 is 1.83 bits per heavy atom. The Kier molecular flexibility index (Phi) is 5.69. The van der Waals surface area contributed by atoms with E-state index < -0.39 is 0 Å². The molecule has 0 atom stereocenters. The molecule has 2 aliphatic rings. The van der Waals surface area contributed by atoms with E-state index in [0.29, 0.717) is 0 Å². The van der Waals surface area contributed by atoms with Gasteiger partial charge >= 0.3 is 0 Å². The van der Waals surface area contributed by atoms with Gasteiger partial charge in [-0.25, -0.2) is 0 Å².